The van der Waals surface area contributed by atoms with Gasteiger partial charge in [-0.25, -0.2) is 0 Å². The molecule has 0 atom stereocenters. The van der Waals surface area contributed by atoms with Gasteiger partial charge in [0.1, 0.15) is 11.5 Å². The molecule has 0 unspecified atom stereocenters. The van der Waals surface area contributed by atoms with E-state index in [0.717, 1.165) is 11.4 Å². The van der Waals surface area contributed by atoms with Crippen molar-refractivity contribution >= 4 is 11.6 Å². The third-order valence-corrected chi connectivity index (χ3v) is 3.37. The first kappa shape index (κ1) is 16.9. The van der Waals surface area contributed by atoms with Gasteiger partial charge in [-0.05, 0) is 54.8 Å². The number of anilines is 1. The van der Waals surface area contributed by atoms with Crippen molar-refractivity contribution in [2.24, 2.45) is 0 Å². The summed E-state index contributed by atoms with van der Waals surface area (Å²) in [5, 5.41) is 2.82. The number of nitrogens with one attached hydrogen (secondary N) is 1. The van der Waals surface area contributed by atoms with Crippen molar-refractivity contribution in [2.45, 2.75) is 26.7 Å². The van der Waals surface area contributed by atoms with Crippen molar-refractivity contribution in [1.29, 1.82) is 0 Å². The van der Waals surface area contributed by atoms with Gasteiger partial charge in [-0.1, -0.05) is 26.0 Å². The number of carbonyl (C=O) groups is 1. The fourth-order valence-corrected chi connectivity index (χ4v) is 2.10. The quantitative estimate of drug-likeness (QED) is 0.832. The first-order valence-corrected chi connectivity index (χ1v) is 7.84. The Kier molecular flexibility index (Phi) is 6.03. The van der Waals surface area contributed by atoms with E-state index in [1.54, 1.807) is 12.1 Å². The van der Waals surface area contributed by atoms with Crippen LogP contribution in [0.5, 0.6) is 11.5 Å². The molecule has 1 N–H and O–H groups in total. The number of rotatable bonds is 7. The summed E-state index contributed by atoms with van der Waals surface area (Å²) >= 11 is 0. The molecule has 0 heterocycles. The molecule has 0 aliphatic carbocycles. The molecule has 0 radical (unpaired) electrons. The van der Waals surface area contributed by atoms with Crippen LogP contribution in [-0.2, 0) is 4.79 Å². The molecular formula is C19H23NO3. The van der Waals surface area contributed by atoms with Crippen molar-refractivity contribution in [2.75, 3.05) is 18.5 Å². The van der Waals surface area contributed by atoms with Gasteiger partial charge in [-0.2, -0.15) is 0 Å². The topological polar surface area (TPSA) is 47.6 Å². The average molecular weight is 313 g/mol. The molecule has 0 aromatic heterocycles. The molecule has 2 aromatic rings. The van der Waals surface area contributed by atoms with Gasteiger partial charge in [0.2, 0.25) is 0 Å². The number of hydrogen-bond donors (Lipinski definition) is 1. The largest absolute Gasteiger partial charge is 0.494 e. The Labute approximate surface area is 137 Å². The van der Waals surface area contributed by atoms with Crippen LogP contribution in [0.4, 0.5) is 5.69 Å². The van der Waals surface area contributed by atoms with Crippen LogP contribution in [0.2, 0.25) is 0 Å². The maximum absolute atomic E-state index is 11.9. The Morgan fingerprint density at radius 1 is 0.957 bits per heavy atom. The fraction of sp³-hybridized carbons (Fsp3) is 0.316. The average Bonchev–Trinajstić information content (AvgIpc) is 2.55. The zero-order valence-electron chi connectivity index (χ0n) is 13.8. The van der Waals surface area contributed by atoms with Gasteiger partial charge in [0.05, 0.1) is 6.61 Å². The number of benzene rings is 2. The van der Waals surface area contributed by atoms with E-state index in [4.69, 9.17) is 9.47 Å². The highest BCUT2D eigenvalue weighted by Gasteiger charge is 2.05. The van der Waals surface area contributed by atoms with E-state index >= 15 is 0 Å². The maximum Gasteiger partial charge on any atom is 0.262 e. The lowest BCUT2D eigenvalue weighted by Crippen LogP contribution is -2.20. The molecule has 0 aliphatic rings. The summed E-state index contributed by atoms with van der Waals surface area (Å²) in [6, 6.07) is 15.1. The Balaban J connectivity index is 1.82. The van der Waals surface area contributed by atoms with E-state index in [-0.39, 0.29) is 12.5 Å². The van der Waals surface area contributed by atoms with E-state index in [2.05, 4.69) is 19.2 Å². The summed E-state index contributed by atoms with van der Waals surface area (Å²) in [4.78, 5) is 11.9. The molecule has 0 saturated carbocycles. The van der Waals surface area contributed by atoms with Crippen molar-refractivity contribution in [3.63, 3.8) is 0 Å². The summed E-state index contributed by atoms with van der Waals surface area (Å²) in [7, 11) is 0. The minimum Gasteiger partial charge on any atom is -0.494 e. The fourth-order valence-electron chi connectivity index (χ4n) is 2.10. The summed E-state index contributed by atoms with van der Waals surface area (Å²) in [5.74, 6) is 1.72. The Hall–Kier alpha value is -2.49. The maximum atomic E-state index is 11.9. The molecule has 4 nitrogen and oxygen atoms in total. The van der Waals surface area contributed by atoms with E-state index < -0.39 is 0 Å². The van der Waals surface area contributed by atoms with E-state index in [0.29, 0.717) is 18.3 Å². The van der Waals surface area contributed by atoms with Crippen molar-refractivity contribution < 1.29 is 14.3 Å². The van der Waals surface area contributed by atoms with E-state index in [9.17, 15) is 4.79 Å². The molecule has 122 valence electrons. The van der Waals surface area contributed by atoms with Gasteiger partial charge in [0.15, 0.2) is 6.61 Å². The lowest BCUT2D eigenvalue weighted by molar-refractivity contribution is -0.118. The third-order valence-electron chi connectivity index (χ3n) is 3.37. The van der Waals surface area contributed by atoms with Gasteiger partial charge < -0.3 is 14.8 Å². The van der Waals surface area contributed by atoms with E-state index in [1.165, 1.54) is 5.56 Å². The molecular weight excluding hydrogens is 290 g/mol. The second kappa shape index (κ2) is 8.22. The first-order valence-electron chi connectivity index (χ1n) is 7.84. The van der Waals surface area contributed by atoms with Crippen LogP contribution < -0.4 is 14.8 Å². The molecule has 0 fully saturated rings. The van der Waals surface area contributed by atoms with Gasteiger partial charge in [-0.3, -0.25) is 4.79 Å². The molecule has 1 amide bonds. The normalized spacial score (nSPS) is 10.4. The van der Waals surface area contributed by atoms with Crippen molar-refractivity contribution in [1.82, 2.24) is 0 Å². The van der Waals surface area contributed by atoms with Crippen LogP contribution in [-0.4, -0.2) is 19.1 Å². The highest BCUT2D eigenvalue weighted by molar-refractivity contribution is 5.91. The van der Waals surface area contributed by atoms with Gasteiger partial charge in [-0.15, -0.1) is 0 Å². The Morgan fingerprint density at radius 2 is 1.52 bits per heavy atom. The summed E-state index contributed by atoms with van der Waals surface area (Å²) in [6.07, 6.45) is 0. The summed E-state index contributed by atoms with van der Waals surface area (Å²) < 4.78 is 10.8. The predicted octanol–water partition coefficient (Wildman–Crippen LogP) is 4.23. The molecule has 0 saturated heterocycles. The van der Waals surface area contributed by atoms with Gasteiger partial charge in [0.25, 0.3) is 5.91 Å². The van der Waals surface area contributed by atoms with Crippen molar-refractivity contribution in [3.8, 4) is 11.5 Å². The van der Waals surface area contributed by atoms with Crippen LogP contribution in [0, 0.1) is 0 Å². The predicted molar refractivity (Wildman–Crippen MR) is 92.3 cm³/mol. The molecule has 0 aliphatic heterocycles. The number of hydrogen-bond acceptors (Lipinski definition) is 3. The minimum atomic E-state index is -0.184. The molecule has 23 heavy (non-hydrogen) atoms. The van der Waals surface area contributed by atoms with Crippen LogP contribution in [0.3, 0.4) is 0 Å². The monoisotopic (exact) mass is 313 g/mol. The van der Waals surface area contributed by atoms with Crippen LogP contribution in [0.1, 0.15) is 32.3 Å². The van der Waals surface area contributed by atoms with Crippen LogP contribution >= 0.6 is 0 Å². The molecule has 0 bridgehead atoms. The zero-order chi connectivity index (χ0) is 16.7. The number of amides is 1. The molecule has 2 rings (SSSR count). The lowest BCUT2D eigenvalue weighted by atomic mass is 10.0. The summed E-state index contributed by atoms with van der Waals surface area (Å²) in [6.45, 7) is 6.80. The zero-order valence-corrected chi connectivity index (χ0v) is 13.8. The second-order valence-electron chi connectivity index (χ2n) is 5.52. The highest BCUT2D eigenvalue weighted by atomic mass is 16.5. The van der Waals surface area contributed by atoms with Crippen LogP contribution in [0.15, 0.2) is 48.5 Å². The van der Waals surface area contributed by atoms with Crippen LogP contribution in [0.25, 0.3) is 0 Å². The summed E-state index contributed by atoms with van der Waals surface area (Å²) in [5.41, 5.74) is 2.02. The molecule has 0 spiro atoms. The number of carbonyl (C=O) groups excluding carboxylic acids is 1. The van der Waals surface area contributed by atoms with E-state index in [1.807, 2.05) is 43.3 Å². The molecule has 4 heteroatoms. The van der Waals surface area contributed by atoms with Gasteiger partial charge in [0, 0.05) is 5.69 Å². The van der Waals surface area contributed by atoms with Gasteiger partial charge >= 0.3 is 0 Å². The molecule has 2 aromatic carbocycles. The second-order valence-corrected chi connectivity index (χ2v) is 5.52. The smallest absolute Gasteiger partial charge is 0.262 e. The Morgan fingerprint density at radius 3 is 2.04 bits per heavy atom. The minimum absolute atomic E-state index is 0.0279. The van der Waals surface area contributed by atoms with Crippen molar-refractivity contribution in [3.05, 3.63) is 54.1 Å². The number of ether oxygens (including phenoxy) is 2. The standard InChI is InChI=1S/C19H23NO3/c1-4-22-17-9-11-18(12-10-17)23-13-19(21)20-16-7-5-15(6-8-16)14(2)3/h5-12,14H,4,13H2,1-3H3,(H,20,21). The third kappa shape index (κ3) is 5.33. The first-order chi connectivity index (χ1) is 11.1. The SMILES string of the molecule is CCOc1ccc(OCC(=O)Nc2ccc(C(C)C)cc2)cc1. The highest BCUT2D eigenvalue weighted by Crippen LogP contribution is 2.18. The Bertz CT molecular complexity index is 618. The lowest BCUT2D eigenvalue weighted by Gasteiger charge is -2.10.